The summed E-state index contributed by atoms with van der Waals surface area (Å²) in [6, 6.07) is 4.94. The van der Waals surface area contributed by atoms with Crippen LogP contribution in [0.4, 0.5) is 5.82 Å². The van der Waals surface area contributed by atoms with Crippen LogP contribution in [0.2, 0.25) is 0 Å². The summed E-state index contributed by atoms with van der Waals surface area (Å²) in [6.07, 6.45) is 2.65. The molecule has 1 saturated heterocycles. The molecule has 90 valence electrons. The van der Waals surface area contributed by atoms with E-state index in [0.29, 0.717) is 12.4 Å². The van der Waals surface area contributed by atoms with E-state index in [-0.39, 0.29) is 18.2 Å². The molecular weight excluding hydrogens is 218 g/mol. The van der Waals surface area contributed by atoms with Crippen LogP contribution in [0.1, 0.15) is 19.8 Å². The number of likely N-dealkylation sites (tertiary alicyclic amines) is 1. The molecule has 5 heteroatoms. The van der Waals surface area contributed by atoms with Crippen molar-refractivity contribution >= 4 is 17.6 Å². The van der Waals surface area contributed by atoms with E-state index in [2.05, 4.69) is 10.3 Å². The van der Waals surface area contributed by atoms with Crippen LogP contribution in [-0.2, 0) is 9.59 Å². The number of aromatic nitrogens is 1. The van der Waals surface area contributed by atoms with Crippen molar-refractivity contribution in [1.82, 2.24) is 9.88 Å². The summed E-state index contributed by atoms with van der Waals surface area (Å²) in [5.74, 6) is 0.366. The van der Waals surface area contributed by atoms with Crippen LogP contribution in [0.15, 0.2) is 24.4 Å². The zero-order valence-electron chi connectivity index (χ0n) is 9.72. The summed E-state index contributed by atoms with van der Waals surface area (Å²) in [4.78, 5) is 28.9. The molecule has 2 amide bonds. The molecule has 1 atom stereocenters. The Bertz CT molecular complexity index is 419. The summed E-state index contributed by atoms with van der Waals surface area (Å²) in [5.41, 5.74) is 0. The molecule has 0 aromatic carbocycles. The fourth-order valence-electron chi connectivity index (χ4n) is 1.88. The maximum atomic E-state index is 11.9. The van der Waals surface area contributed by atoms with Gasteiger partial charge in [0, 0.05) is 12.7 Å². The molecule has 5 nitrogen and oxygen atoms in total. The molecular formula is C12H15N3O2. The first-order chi connectivity index (χ1) is 8.22. The molecule has 1 unspecified atom stereocenters. The lowest BCUT2D eigenvalue weighted by Gasteiger charge is -2.14. The van der Waals surface area contributed by atoms with E-state index >= 15 is 0 Å². The fraction of sp³-hybridized carbons (Fsp3) is 0.417. The zero-order valence-corrected chi connectivity index (χ0v) is 9.72. The Morgan fingerprint density at radius 1 is 1.47 bits per heavy atom. The first-order valence-corrected chi connectivity index (χ1v) is 5.74. The molecule has 17 heavy (non-hydrogen) atoms. The summed E-state index contributed by atoms with van der Waals surface area (Å²) < 4.78 is 0. The number of amides is 2. The van der Waals surface area contributed by atoms with Gasteiger partial charge in [-0.2, -0.15) is 0 Å². The first kappa shape index (κ1) is 11.6. The molecule has 1 aliphatic rings. The molecule has 1 aromatic heterocycles. The summed E-state index contributed by atoms with van der Waals surface area (Å²) in [6.45, 7) is 2.44. The van der Waals surface area contributed by atoms with Gasteiger partial charge in [0.05, 0.1) is 6.42 Å². The van der Waals surface area contributed by atoms with E-state index in [1.807, 2.05) is 13.0 Å². The number of hydrogen-bond donors (Lipinski definition) is 1. The third-order valence-corrected chi connectivity index (χ3v) is 2.68. The van der Waals surface area contributed by atoms with E-state index in [0.717, 1.165) is 6.42 Å². The van der Waals surface area contributed by atoms with Crippen molar-refractivity contribution in [3.63, 3.8) is 0 Å². The highest BCUT2D eigenvalue weighted by atomic mass is 16.2. The minimum absolute atomic E-state index is 0.106. The van der Waals surface area contributed by atoms with Crippen molar-refractivity contribution < 1.29 is 9.59 Å². The van der Waals surface area contributed by atoms with Crippen LogP contribution in [-0.4, -0.2) is 34.3 Å². The number of carbonyl (C=O) groups is 2. The number of nitrogens with one attached hydrogen (secondary N) is 1. The van der Waals surface area contributed by atoms with E-state index in [1.165, 1.54) is 4.90 Å². The van der Waals surface area contributed by atoms with Gasteiger partial charge in [-0.15, -0.1) is 0 Å². The van der Waals surface area contributed by atoms with Crippen LogP contribution in [0.3, 0.4) is 0 Å². The molecule has 0 saturated carbocycles. The predicted octanol–water partition coefficient (Wildman–Crippen LogP) is 1.03. The van der Waals surface area contributed by atoms with Crippen molar-refractivity contribution in [3.05, 3.63) is 24.4 Å². The Balaban J connectivity index is 2.04. The van der Waals surface area contributed by atoms with Crippen LogP contribution in [0.5, 0.6) is 0 Å². The van der Waals surface area contributed by atoms with Crippen LogP contribution in [0, 0.1) is 0 Å². The molecule has 0 aliphatic carbocycles. The predicted molar refractivity (Wildman–Crippen MR) is 63.3 cm³/mol. The van der Waals surface area contributed by atoms with Gasteiger partial charge in [-0.1, -0.05) is 13.0 Å². The lowest BCUT2D eigenvalue weighted by Crippen LogP contribution is -2.35. The largest absolute Gasteiger partial charge is 0.358 e. The van der Waals surface area contributed by atoms with Gasteiger partial charge in [0.25, 0.3) is 5.91 Å². The van der Waals surface area contributed by atoms with Crippen molar-refractivity contribution in [3.8, 4) is 0 Å². The van der Waals surface area contributed by atoms with Gasteiger partial charge in [-0.05, 0) is 18.6 Å². The van der Waals surface area contributed by atoms with Gasteiger partial charge in [0.15, 0.2) is 0 Å². The first-order valence-electron chi connectivity index (χ1n) is 5.74. The summed E-state index contributed by atoms with van der Waals surface area (Å²) in [5, 5.41) is 2.99. The second-order valence-corrected chi connectivity index (χ2v) is 4.00. The molecule has 0 bridgehead atoms. The monoisotopic (exact) mass is 233 g/mol. The van der Waals surface area contributed by atoms with E-state index in [4.69, 9.17) is 0 Å². The number of hydrogen-bond acceptors (Lipinski definition) is 4. The van der Waals surface area contributed by atoms with Crippen LogP contribution < -0.4 is 5.32 Å². The van der Waals surface area contributed by atoms with Crippen molar-refractivity contribution in [1.29, 1.82) is 0 Å². The molecule has 2 heterocycles. The maximum Gasteiger partial charge on any atom is 0.252 e. The normalized spacial score (nSPS) is 19.8. The Morgan fingerprint density at radius 2 is 2.29 bits per heavy atom. The number of imide groups is 1. The van der Waals surface area contributed by atoms with E-state index < -0.39 is 6.04 Å². The Morgan fingerprint density at radius 3 is 2.94 bits per heavy atom. The highest BCUT2D eigenvalue weighted by molar-refractivity contribution is 6.06. The highest BCUT2D eigenvalue weighted by Crippen LogP contribution is 2.17. The SMILES string of the molecule is CCCN1C(=O)CC(Nc2ccccn2)C1=O. The van der Waals surface area contributed by atoms with Gasteiger partial charge in [0.2, 0.25) is 5.91 Å². The van der Waals surface area contributed by atoms with Gasteiger partial charge in [0.1, 0.15) is 11.9 Å². The van der Waals surface area contributed by atoms with Crippen molar-refractivity contribution in [2.24, 2.45) is 0 Å². The number of carbonyl (C=O) groups excluding carboxylic acids is 2. The summed E-state index contributed by atoms with van der Waals surface area (Å²) in [7, 11) is 0. The number of anilines is 1. The second-order valence-electron chi connectivity index (χ2n) is 4.00. The molecule has 1 N–H and O–H groups in total. The van der Waals surface area contributed by atoms with Gasteiger partial charge in [-0.3, -0.25) is 14.5 Å². The number of rotatable bonds is 4. The third-order valence-electron chi connectivity index (χ3n) is 2.68. The molecule has 1 fully saturated rings. The average molecular weight is 233 g/mol. The van der Waals surface area contributed by atoms with Crippen LogP contribution >= 0.6 is 0 Å². The minimum Gasteiger partial charge on any atom is -0.358 e. The van der Waals surface area contributed by atoms with Gasteiger partial charge >= 0.3 is 0 Å². The smallest absolute Gasteiger partial charge is 0.252 e. The molecule has 1 aliphatic heterocycles. The van der Waals surface area contributed by atoms with Crippen molar-refractivity contribution in [2.75, 3.05) is 11.9 Å². The molecule has 1 aromatic rings. The fourth-order valence-corrected chi connectivity index (χ4v) is 1.88. The Labute approximate surface area is 99.8 Å². The quantitative estimate of drug-likeness (QED) is 0.789. The topological polar surface area (TPSA) is 62.3 Å². The van der Waals surface area contributed by atoms with Crippen molar-refractivity contribution in [2.45, 2.75) is 25.8 Å². The second kappa shape index (κ2) is 4.95. The van der Waals surface area contributed by atoms with Gasteiger partial charge in [-0.25, -0.2) is 4.98 Å². The van der Waals surface area contributed by atoms with E-state index in [1.54, 1.807) is 18.3 Å². The van der Waals surface area contributed by atoms with Crippen LogP contribution in [0.25, 0.3) is 0 Å². The molecule has 0 radical (unpaired) electrons. The Hall–Kier alpha value is -1.91. The number of pyridine rings is 1. The highest BCUT2D eigenvalue weighted by Gasteiger charge is 2.37. The lowest BCUT2D eigenvalue weighted by atomic mass is 10.2. The Kier molecular flexibility index (Phi) is 3.37. The van der Waals surface area contributed by atoms with E-state index in [9.17, 15) is 9.59 Å². The molecule has 2 rings (SSSR count). The lowest BCUT2D eigenvalue weighted by molar-refractivity contribution is -0.138. The minimum atomic E-state index is -0.469. The zero-order chi connectivity index (χ0) is 12.3. The number of nitrogens with zero attached hydrogens (tertiary/aromatic N) is 2. The molecule has 0 spiro atoms. The average Bonchev–Trinajstić information content (AvgIpc) is 2.59. The maximum absolute atomic E-state index is 11.9. The third kappa shape index (κ3) is 2.43. The summed E-state index contributed by atoms with van der Waals surface area (Å²) >= 11 is 0. The standard InChI is InChI=1S/C12H15N3O2/c1-2-7-15-11(16)8-9(12(15)17)14-10-5-3-4-6-13-10/h3-6,9H,2,7-8H2,1H3,(H,13,14). The van der Waals surface area contributed by atoms with Gasteiger partial charge < -0.3 is 5.32 Å².